The van der Waals surface area contributed by atoms with Gasteiger partial charge >= 0.3 is 0 Å². The van der Waals surface area contributed by atoms with Crippen LogP contribution >= 0.6 is 0 Å². The van der Waals surface area contributed by atoms with Crippen molar-refractivity contribution in [3.05, 3.63) is 29.8 Å². The third kappa shape index (κ3) is 5.69. The fourth-order valence-electron chi connectivity index (χ4n) is 1.44. The molecule has 0 aromatic heterocycles. The molecular weight excluding hydrogens is 240 g/mol. The van der Waals surface area contributed by atoms with E-state index >= 15 is 0 Å². The standard InChI is InChI=1S/C16H22O3/c1-12(17)5-6-13-7-9-14(10-8-13)19-11-15(18)16(2,3)4/h7-10H,5-6,11H2,1-4H3. The van der Waals surface area contributed by atoms with Gasteiger partial charge in [-0.25, -0.2) is 0 Å². The van der Waals surface area contributed by atoms with Crippen LogP contribution in [0.4, 0.5) is 0 Å². The van der Waals surface area contributed by atoms with E-state index in [0.717, 1.165) is 12.0 Å². The molecule has 0 radical (unpaired) electrons. The van der Waals surface area contributed by atoms with Crippen LogP contribution in [0.1, 0.15) is 39.7 Å². The SMILES string of the molecule is CC(=O)CCc1ccc(OCC(=O)C(C)(C)C)cc1. The first-order valence-corrected chi connectivity index (χ1v) is 6.53. The Kier molecular flexibility index (Phi) is 5.28. The fourth-order valence-corrected chi connectivity index (χ4v) is 1.44. The molecule has 1 rings (SSSR count). The van der Waals surface area contributed by atoms with Gasteiger partial charge in [0.15, 0.2) is 5.78 Å². The van der Waals surface area contributed by atoms with Gasteiger partial charge in [0, 0.05) is 11.8 Å². The van der Waals surface area contributed by atoms with Crippen LogP contribution in [0.2, 0.25) is 0 Å². The van der Waals surface area contributed by atoms with Gasteiger partial charge in [0.2, 0.25) is 0 Å². The molecule has 104 valence electrons. The first kappa shape index (κ1) is 15.4. The smallest absolute Gasteiger partial charge is 0.175 e. The molecule has 0 unspecified atom stereocenters. The number of hydrogen-bond donors (Lipinski definition) is 0. The molecule has 0 spiro atoms. The summed E-state index contributed by atoms with van der Waals surface area (Å²) in [5, 5.41) is 0. The number of Topliss-reactive ketones (excluding diaryl/α,β-unsaturated/α-hetero) is 2. The fraction of sp³-hybridized carbons (Fsp3) is 0.500. The first-order chi connectivity index (χ1) is 8.79. The van der Waals surface area contributed by atoms with Crippen LogP contribution in [-0.4, -0.2) is 18.2 Å². The van der Waals surface area contributed by atoms with Gasteiger partial charge in [-0.2, -0.15) is 0 Å². The Labute approximate surface area is 115 Å². The maximum Gasteiger partial charge on any atom is 0.175 e. The van der Waals surface area contributed by atoms with Gasteiger partial charge in [0.05, 0.1) is 0 Å². The Morgan fingerprint density at radius 1 is 1.11 bits per heavy atom. The van der Waals surface area contributed by atoms with E-state index in [9.17, 15) is 9.59 Å². The van der Waals surface area contributed by atoms with Crippen LogP contribution in [0.15, 0.2) is 24.3 Å². The molecule has 0 heterocycles. The lowest BCUT2D eigenvalue weighted by atomic mass is 9.91. The Morgan fingerprint density at radius 3 is 2.16 bits per heavy atom. The predicted octanol–water partition coefficient (Wildman–Crippen LogP) is 3.20. The first-order valence-electron chi connectivity index (χ1n) is 6.53. The maximum absolute atomic E-state index is 11.7. The van der Waals surface area contributed by atoms with Crippen LogP contribution in [0.5, 0.6) is 5.75 Å². The van der Waals surface area contributed by atoms with Gasteiger partial charge < -0.3 is 9.53 Å². The van der Waals surface area contributed by atoms with Crippen molar-refractivity contribution in [1.82, 2.24) is 0 Å². The van der Waals surface area contributed by atoms with E-state index in [1.165, 1.54) is 0 Å². The molecule has 0 saturated carbocycles. The van der Waals surface area contributed by atoms with Crippen LogP contribution in [0.3, 0.4) is 0 Å². The van der Waals surface area contributed by atoms with Crippen molar-refractivity contribution in [2.24, 2.45) is 5.41 Å². The van der Waals surface area contributed by atoms with Crippen molar-refractivity contribution in [2.45, 2.75) is 40.5 Å². The van der Waals surface area contributed by atoms with Gasteiger partial charge in [-0.05, 0) is 31.0 Å². The van der Waals surface area contributed by atoms with Crippen LogP contribution in [0, 0.1) is 5.41 Å². The summed E-state index contributed by atoms with van der Waals surface area (Å²) < 4.78 is 5.46. The summed E-state index contributed by atoms with van der Waals surface area (Å²) in [5.41, 5.74) is 0.728. The van der Waals surface area contributed by atoms with Crippen LogP contribution in [-0.2, 0) is 16.0 Å². The normalized spacial score (nSPS) is 11.2. The topological polar surface area (TPSA) is 43.4 Å². The molecule has 0 fully saturated rings. The molecule has 3 nitrogen and oxygen atoms in total. The van der Waals surface area contributed by atoms with E-state index < -0.39 is 0 Å². The molecule has 1 aromatic rings. The second kappa shape index (κ2) is 6.50. The average molecular weight is 262 g/mol. The molecule has 0 amide bonds. The third-order valence-corrected chi connectivity index (χ3v) is 2.90. The summed E-state index contributed by atoms with van der Waals surface area (Å²) in [6.45, 7) is 7.32. The van der Waals surface area contributed by atoms with Gasteiger partial charge in [-0.15, -0.1) is 0 Å². The number of carbonyl (C=O) groups is 2. The van der Waals surface area contributed by atoms with Crippen molar-refractivity contribution in [3.63, 3.8) is 0 Å². The van der Waals surface area contributed by atoms with Crippen molar-refractivity contribution in [1.29, 1.82) is 0 Å². The molecule has 0 aliphatic rings. The van der Waals surface area contributed by atoms with E-state index in [1.807, 2.05) is 45.0 Å². The van der Waals surface area contributed by atoms with E-state index in [-0.39, 0.29) is 23.6 Å². The number of carbonyl (C=O) groups excluding carboxylic acids is 2. The molecule has 0 N–H and O–H groups in total. The Hall–Kier alpha value is -1.64. The highest BCUT2D eigenvalue weighted by Crippen LogP contribution is 2.17. The summed E-state index contributed by atoms with van der Waals surface area (Å²) in [6.07, 6.45) is 1.30. The number of benzene rings is 1. The second-order valence-electron chi connectivity index (χ2n) is 5.81. The third-order valence-electron chi connectivity index (χ3n) is 2.90. The van der Waals surface area contributed by atoms with Crippen LogP contribution < -0.4 is 4.74 Å². The number of ether oxygens (including phenoxy) is 1. The van der Waals surface area contributed by atoms with Gasteiger partial charge in [0.1, 0.15) is 18.1 Å². The Balaban J connectivity index is 2.49. The number of rotatable bonds is 6. The van der Waals surface area contributed by atoms with Gasteiger partial charge in [0.25, 0.3) is 0 Å². The van der Waals surface area contributed by atoms with E-state index in [2.05, 4.69) is 0 Å². The van der Waals surface area contributed by atoms with Gasteiger partial charge in [-0.1, -0.05) is 32.9 Å². The van der Waals surface area contributed by atoms with E-state index in [0.29, 0.717) is 12.2 Å². The molecule has 0 bridgehead atoms. The monoisotopic (exact) mass is 262 g/mol. The van der Waals surface area contributed by atoms with Crippen molar-refractivity contribution < 1.29 is 14.3 Å². The lowest BCUT2D eigenvalue weighted by Gasteiger charge is -2.16. The molecular formula is C16H22O3. The maximum atomic E-state index is 11.7. The minimum atomic E-state index is -0.374. The number of hydrogen-bond acceptors (Lipinski definition) is 3. The minimum absolute atomic E-state index is 0.0770. The highest BCUT2D eigenvalue weighted by Gasteiger charge is 2.21. The summed E-state index contributed by atoms with van der Waals surface area (Å²) >= 11 is 0. The van der Waals surface area contributed by atoms with Crippen molar-refractivity contribution in [2.75, 3.05) is 6.61 Å². The van der Waals surface area contributed by atoms with Crippen LogP contribution in [0.25, 0.3) is 0 Å². The Morgan fingerprint density at radius 2 is 1.68 bits per heavy atom. The number of ketones is 2. The molecule has 19 heavy (non-hydrogen) atoms. The molecule has 0 saturated heterocycles. The van der Waals surface area contributed by atoms with E-state index in [4.69, 9.17) is 4.74 Å². The molecule has 3 heteroatoms. The Bertz CT molecular complexity index is 438. The highest BCUT2D eigenvalue weighted by molar-refractivity contribution is 5.85. The highest BCUT2D eigenvalue weighted by atomic mass is 16.5. The zero-order valence-corrected chi connectivity index (χ0v) is 12.2. The lowest BCUT2D eigenvalue weighted by molar-refractivity contribution is -0.128. The predicted molar refractivity (Wildman–Crippen MR) is 75.4 cm³/mol. The molecule has 0 atom stereocenters. The van der Waals surface area contributed by atoms with E-state index in [1.54, 1.807) is 6.92 Å². The summed E-state index contributed by atoms with van der Waals surface area (Å²) in [7, 11) is 0. The minimum Gasteiger partial charge on any atom is -0.486 e. The second-order valence-corrected chi connectivity index (χ2v) is 5.81. The van der Waals surface area contributed by atoms with Gasteiger partial charge in [-0.3, -0.25) is 4.79 Å². The molecule has 1 aromatic carbocycles. The zero-order chi connectivity index (χ0) is 14.5. The average Bonchev–Trinajstić information content (AvgIpc) is 2.33. The van der Waals surface area contributed by atoms with Crippen molar-refractivity contribution in [3.8, 4) is 5.75 Å². The lowest BCUT2D eigenvalue weighted by Crippen LogP contribution is -2.26. The number of aryl methyl sites for hydroxylation is 1. The summed E-state index contributed by atoms with van der Waals surface area (Å²) in [4.78, 5) is 22.6. The summed E-state index contributed by atoms with van der Waals surface area (Å²) in [5.74, 6) is 0.952. The molecule has 0 aliphatic heterocycles. The largest absolute Gasteiger partial charge is 0.486 e. The summed E-state index contributed by atoms with van der Waals surface area (Å²) in [6, 6.07) is 7.54. The quantitative estimate of drug-likeness (QED) is 0.790. The molecule has 0 aliphatic carbocycles. The zero-order valence-electron chi connectivity index (χ0n) is 12.2. The van der Waals surface area contributed by atoms with Crippen molar-refractivity contribution >= 4 is 11.6 Å².